The van der Waals surface area contributed by atoms with E-state index in [-0.39, 0.29) is 5.02 Å². The highest BCUT2D eigenvalue weighted by atomic mass is 35.5. The number of aryl methyl sites for hydroxylation is 2. The lowest BCUT2D eigenvalue weighted by Crippen LogP contribution is -2.14. The van der Waals surface area contributed by atoms with Crippen molar-refractivity contribution in [1.82, 2.24) is 10.3 Å². The third kappa shape index (κ3) is 3.93. The first-order valence-corrected chi connectivity index (χ1v) is 7.19. The quantitative estimate of drug-likeness (QED) is 0.889. The summed E-state index contributed by atoms with van der Waals surface area (Å²) in [6.45, 7) is 7.46. The van der Waals surface area contributed by atoms with Crippen LogP contribution in [0.4, 0.5) is 4.39 Å². The zero-order valence-corrected chi connectivity index (χ0v) is 13.1. The highest BCUT2D eigenvalue weighted by molar-refractivity contribution is 6.32. The molecule has 1 N–H and O–H groups in total. The number of ether oxygens (including phenoxy) is 1. The van der Waals surface area contributed by atoms with Crippen LogP contribution < -0.4 is 10.1 Å². The molecule has 0 aliphatic rings. The fourth-order valence-corrected chi connectivity index (χ4v) is 2.25. The Balaban J connectivity index is 2.37. The maximum Gasteiger partial charge on any atom is 0.224 e. The lowest BCUT2D eigenvalue weighted by molar-refractivity contribution is 0.450. The molecule has 0 aliphatic heterocycles. The fraction of sp³-hybridized carbons (Fsp3) is 0.312. The summed E-state index contributed by atoms with van der Waals surface area (Å²) in [5.41, 5.74) is 2.93. The minimum Gasteiger partial charge on any atom is -0.437 e. The second-order valence-electron chi connectivity index (χ2n) is 4.82. The molecular weight excluding hydrogens is 291 g/mol. The van der Waals surface area contributed by atoms with Gasteiger partial charge >= 0.3 is 0 Å². The van der Waals surface area contributed by atoms with Crippen molar-refractivity contribution in [2.24, 2.45) is 0 Å². The van der Waals surface area contributed by atoms with Gasteiger partial charge in [0.15, 0.2) is 0 Å². The molecule has 0 spiro atoms. The van der Waals surface area contributed by atoms with Crippen LogP contribution in [-0.2, 0) is 6.54 Å². The molecule has 0 bridgehead atoms. The van der Waals surface area contributed by atoms with E-state index in [1.165, 1.54) is 18.2 Å². The van der Waals surface area contributed by atoms with E-state index in [2.05, 4.69) is 10.3 Å². The number of nitrogens with one attached hydrogen (secondary N) is 1. The van der Waals surface area contributed by atoms with E-state index >= 15 is 0 Å². The molecule has 0 radical (unpaired) electrons. The van der Waals surface area contributed by atoms with Crippen molar-refractivity contribution in [3.8, 4) is 11.6 Å². The van der Waals surface area contributed by atoms with Gasteiger partial charge in [0.1, 0.15) is 11.6 Å². The average Bonchev–Trinajstić information content (AvgIpc) is 2.41. The molecule has 5 heteroatoms. The number of hydrogen-bond donors (Lipinski definition) is 1. The van der Waals surface area contributed by atoms with E-state index in [1.54, 1.807) is 0 Å². The highest BCUT2D eigenvalue weighted by Crippen LogP contribution is 2.31. The van der Waals surface area contributed by atoms with Crippen LogP contribution in [0.2, 0.25) is 5.02 Å². The van der Waals surface area contributed by atoms with Crippen molar-refractivity contribution in [2.45, 2.75) is 27.3 Å². The van der Waals surface area contributed by atoms with Crippen molar-refractivity contribution >= 4 is 11.6 Å². The van der Waals surface area contributed by atoms with Gasteiger partial charge in [0.05, 0.1) is 5.02 Å². The molecule has 1 aromatic carbocycles. The summed E-state index contributed by atoms with van der Waals surface area (Å²) in [5.74, 6) is 0.504. The van der Waals surface area contributed by atoms with Crippen LogP contribution >= 0.6 is 11.6 Å². The summed E-state index contributed by atoms with van der Waals surface area (Å²) >= 11 is 6.01. The minimum atomic E-state index is -0.395. The van der Waals surface area contributed by atoms with E-state index in [0.29, 0.717) is 18.2 Å². The Labute approximate surface area is 129 Å². The number of rotatable bonds is 5. The Kier molecular flexibility index (Phi) is 5.15. The van der Waals surface area contributed by atoms with Crippen molar-refractivity contribution in [3.05, 3.63) is 51.9 Å². The molecular formula is C16H18ClFN2O. The van der Waals surface area contributed by atoms with E-state index in [1.807, 2.05) is 26.8 Å². The molecule has 112 valence electrons. The zero-order valence-electron chi connectivity index (χ0n) is 12.3. The normalized spacial score (nSPS) is 10.7. The van der Waals surface area contributed by atoms with Gasteiger partial charge in [-0.05, 0) is 50.2 Å². The van der Waals surface area contributed by atoms with Crippen LogP contribution in [0, 0.1) is 19.7 Å². The molecule has 21 heavy (non-hydrogen) atoms. The summed E-state index contributed by atoms with van der Waals surface area (Å²) < 4.78 is 18.9. The topological polar surface area (TPSA) is 34.2 Å². The van der Waals surface area contributed by atoms with Crippen molar-refractivity contribution in [3.63, 3.8) is 0 Å². The number of pyridine rings is 1. The minimum absolute atomic E-state index is 0.227. The molecule has 0 fully saturated rings. The number of nitrogens with zero attached hydrogens (tertiary/aromatic N) is 1. The van der Waals surface area contributed by atoms with Crippen LogP contribution in [0.15, 0.2) is 24.3 Å². The molecule has 2 rings (SSSR count). The lowest BCUT2D eigenvalue weighted by Gasteiger charge is -2.14. The lowest BCUT2D eigenvalue weighted by atomic mass is 10.1. The molecule has 2 aromatic rings. The molecule has 0 atom stereocenters. The van der Waals surface area contributed by atoms with Crippen molar-refractivity contribution in [2.75, 3.05) is 6.54 Å². The van der Waals surface area contributed by atoms with E-state index in [9.17, 15) is 4.39 Å². The molecule has 0 unspecified atom stereocenters. The van der Waals surface area contributed by atoms with Gasteiger partial charge in [0.25, 0.3) is 0 Å². The van der Waals surface area contributed by atoms with Gasteiger partial charge in [0.2, 0.25) is 5.88 Å². The predicted octanol–water partition coefficient (Wildman–Crippen LogP) is 4.39. The summed E-state index contributed by atoms with van der Waals surface area (Å²) in [4.78, 5) is 4.43. The van der Waals surface area contributed by atoms with Gasteiger partial charge in [-0.1, -0.05) is 18.5 Å². The Bertz CT molecular complexity index is 646. The Hall–Kier alpha value is -1.65. The van der Waals surface area contributed by atoms with Crippen LogP contribution in [0.25, 0.3) is 0 Å². The molecule has 1 aromatic heterocycles. The molecule has 0 aliphatic carbocycles. The van der Waals surface area contributed by atoms with Gasteiger partial charge < -0.3 is 10.1 Å². The summed E-state index contributed by atoms with van der Waals surface area (Å²) in [6, 6.07) is 6.05. The second-order valence-corrected chi connectivity index (χ2v) is 5.23. The fourth-order valence-electron chi connectivity index (χ4n) is 2.04. The second kappa shape index (κ2) is 6.87. The number of halogens is 2. The Morgan fingerprint density at radius 3 is 2.71 bits per heavy atom. The molecule has 0 amide bonds. The average molecular weight is 309 g/mol. The third-order valence-corrected chi connectivity index (χ3v) is 3.39. The molecule has 0 saturated heterocycles. The van der Waals surface area contributed by atoms with Gasteiger partial charge in [-0.2, -0.15) is 0 Å². The smallest absolute Gasteiger partial charge is 0.224 e. The van der Waals surface area contributed by atoms with Crippen LogP contribution in [0.1, 0.15) is 23.7 Å². The van der Waals surface area contributed by atoms with Crippen LogP contribution in [0.3, 0.4) is 0 Å². The van der Waals surface area contributed by atoms with Gasteiger partial charge in [-0.25, -0.2) is 9.37 Å². The van der Waals surface area contributed by atoms with Gasteiger partial charge in [-0.15, -0.1) is 0 Å². The van der Waals surface area contributed by atoms with Gasteiger partial charge in [0, 0.05) is 17.8 Å². The third-order valence-electron chi connectivity index (χ3n) is 3.09. The zero-order chi connectivity index (χ0) is 15.4. The standard InChI is InChI=1S/C16H18ClFN2O/c1-4-19-9-13-10(2)7-11(3)20-16(13)21-15-6-5-12(18)8-14(15)17/h5-8,19H,4,9H2,1-3H3. The maximum absolute atomic E-state index is 13.1. The van der Waals surface area contributed by atoms with Gasteiger partial charge in [-0.3, -0.25) is 0 Å². The van der Waals surface area contributed by atoms with E-state index in [0.717, 1.165) is 23.4 Å². The summed E-state index contributed by atoms with van der Waals surface area (Å²) in [7, 11) is 0. The van der Waals surface area contributed by atoms with Crippen LogP contribution in [-0.4, -0.2) is 11.5 Å². The Morgan fingerprint density at radius 2 is 2.05 bits per heavy atom. The SMILES string of the molecule is CCNCc1c(C)cc(C)nc1Oc1ccc(F)cc1Cl. The van der Waals surface area contributed by atoms with Crippen molar-refractivity contribution in [1.29, 1.82) is 0 Å². The number of aromatic nitrogens is 1. The van der Waals surface area contributed by atoms with E-state index in [4.69, 9.17) is 16.3 Å². The highest BCUT2D eigenvalue weighted by Gasteiger charge is 2.13. The molecule has 0 saturated carbocycles. The molecule has 1 heterocycles. The maximum atomic E-state index is 13.1. The summed E-state index contributed by atoms with van der Waals surface area (Å²) in [6.07, 6.45) is 0. The van der Waals surface area contributed by atoms with E-state index < -0.39 is 5.82 Å². The monoisotopic (exact) mass is 308 g/mol. The first kappa shape index (κ1) is 15.7. The first-order valence-electron chi connectivity index (χ1n) is 6.82. The predicted molar refractivity (Wildman–Crippen MR) is 82.6 cm³/mol. The van der Waals surface area contributed by atoms with Crippen molar-refractivity contribution < 1.29 is 9.13 Å². The largest absolute Gasteiger partial charge is 0.437 e. The van der Waals surface area contributed by atoms with Crippen LogP contribution in [0.5, 0.6) is 11.6 Å². The molecule has 3 nitrogen and oxygen atoms in total. The summed E-state index contributed by atoms with van der Waals surface area (Å²) in [5, 5.41) is 3.49. The number of benzene rings is 1. The first-order chi connectivity index (χ1) is 10.0. The Morgan fingerprint density at radius 1 is 1.29 bits per heavy atom. The number of hydrogen-bond acceptors (Lipinski definition) is 3.